The van der Waals surface area contributed by atoms with Gasteiger partial charge < -0.3 is 14.0 Å². The van der Waals surface area contributed by atoms with Crippen LogP contribution in [0.15, 0.2) is 66.4 Å². The molecule has 0 unspecified atom stereocenters. The highest BCUT2D eigenvalue weighted by Crippen LogP contribution is 2.34. The van der Waals surface area contributed by atoms with E-state index in [0.717, 1.165) is 0 Å². The van der Waals surface area contributed by atoms with Crippen molar-refractivity contribution in [2.75, 3.05) is 19.1 Å². The number of hydrogen-bond donors (Lipinski definition) is 1. The predicted molar refractivity (Wildman–Crippen MR) is 128 cm³/mol. The molecule has 34 heavy (non-hydrogen) atoms. The molecular formula is C23H18N4O6S. The number of amides is 2. The van der Waals surface area contributed by atoms with Gasteiger partial charge in [-0.05, 0) is 48.6 Å². The molecule has 1 aromatic heterocycles. The van der Waals surface area contributed by atoms with Crippen LogP contribution in [0.3, 0.4) is 0 Å². The van der Waals surface area contributed by atoms with Crippen molar-refractivity contribution in [1.29, 1.82) is 0 Å². The molecule has 0 saturated carbocycles. The number of nitrogens with zero attached hydrogens (tertiary/aromatic N) is 3. The number of non-ortho nitro benzene ring substituents is 1. The average Bonchev–Trinajstić information content (AvgIpc) is 3.30. The summed E-state index contributed by atoms with van der Waals surface area (Å²) in [4.78, 5) is 37.9. The van der Waals surface area contributed by atoms with Crippen LogP contribution in [-0.4, -0.2) is 40.6 Å². The second-order valence-corrected chi connectivity index (χ2v) is 7.46. The predicted octanol–water partition coefficient (Wildman–Crippen LogP) is 3.23. The van der Waals surface area contributed by atoms with Crippen LogP contribution in [0.4, 0.5) is 11.4 Å². The Balaban J connectivity index is 1.76. The Morgan fingerprint density at radius 3 is 2.56 bits per heavy atom. The van der Waals surface area contributed by atoms with Gasteiger partial charge in [-0.2, -0.15) is 0 Å². The van der Waals surface area contributed by atoms with Gasteiger partial charge in [0.25, 0.3) is 17.5 Å². The second-order valence-electron chi connectivity index (χ2n) is 7.08. The summed E-state index contributed by atoms with van der Waals surface area (Å²) in [5.41, 5.74) is 1.04. The van der Waals surface area contributed by atoms with Crippen molar-refractivity contribution in [2.24, 2.45) is 0 Å². The van der Waals surface area contributed by atoms with E-state index in [-0.39, 0.29) is 16.4 Å². The number of nitro benzene ring substituents is 1. The SMILES string of the molecule is COc1ccc(N2C(=O)C(=Cc3cccn3-c3cccc([N+](=O)[O-])c3)C(=O)NC2=S)c(OC)c1. The van der Waals surface area contributed by atoms with Crippen LogP contribution in [0.1, 0.15) is 5.69 Å². The number of methoxy groups -OCH3 is 2. The zero-order valence-electron chi connectivity index (χ0n) is 18.1. The maximum absolute atomic E-state index is 13.4. The highest BCUT2D eigenvalue weighted by atomic mass is 32.1. The summed E-state index contributed by atoms with van der Waals surface area (Å²) in [6.45, 7) is 0. The van der Waals surface area contributed by atoms with Gasteiger partial charge in [0.2, 0.25) is 0 Å². The molecule has 172 valence electrons. The highest BCUT2D eigenvalue weighted by Gasteiger charge is 2.36. The molecule has 1 N–H and O–H groups in total. The van der Waals surface area contributed by atoms with Crippen LogP contribution in [0.25, 0.3) is 11.8 Å². The van der Waals surface area contributed by atoms with E-state index < -0.39 is 16.7 Å². The molecule has 1 saturated heterocycles. The summed E-state index contributed by atoms with van der Waals surface area (Å²) >= 11 is 5.26. The van der Waals surface area contributed by atoms with Crippen LogP contribution in [0.2, 0.25) is 0 Å². The molecule has 2 amide bonds. The molecule has 1 aliphatic heterocycles. The minimum atomic E-state index is -0.662. The molecule has 0 aliphatic carbocycles. The number of anilines is 1. The molecule has 0 bridgehead atoms. The number of hydrogen-bond acceptors (Lipinski definition) is 7. The maximum Gasteiger partial charge on any atom is 0.271 e. The van der Waals surface area contributed by atoms with Gasteiger partial charge in [0, 0.05) is 30.1 Å². The van der Waals surface area contributed by atoms with Gasteiger partial charge >= 0.3 is 0 Å². The van der Waals surface area contributed by atoms with Gasteiger partial charge in [0.05, 0.1) is 30.5 Å². The minimum Gasteiger partial charge on any atom is -0.497 e. The number of aromatic nitrogens is 1. The van der Waals surface area contributed by atoms with Gasteiger partial charge in [-0.15, -0.1) is 0 Å². The van der Waals surface area contributed by atoms with Crippen LogP contribution in [0, 0.1) is 10.1 Å². The fraction of sp³-hybridized carbons (Fsp3) is 0.0870. The van der Waals surface area contributed by atoms with E-state index in [1.165, 1.54) is 37.3 Å². The molecule has 2 heterocycles. The minimum absolute atomic E-state index is 0.0839. The zero-order chi connectivity index (χ0) is 24.4. The van der Waals surface area contributed by atoms with Crippen molar-refractivity contribution < 1.29 is 24.0 Å². The first-order chi connectivity index (χ1) is 16.3. The summed E-state index contributed by atoms with van der Waals surface area (Å²) in [5, 5.41) is 13.6. The van der Waals surface area contributed by atoms with Gasteiger partial charge in [0.1, 0.15) is 17.1 Å². The number of thiocarbonyl (C=S) groups is 1. The van der Waals surface area contributed by atoms with Crippen molar-refractivity contribution in [2.45, 2.75) is 0 Å². The van der Waals surface area contributed by atoms with Crippen LogP contribution in [0.5, 0.6) is 11.5 Å². The van der Waals surface area contributed by atoms with E-state index in [9.17, 15) is 19.7 Å². The van der Waals surface area contributed by atoms with Crippen molar-refractivity contribution in [1.82, 2.24) is 9.88 Å². The number of carbonyl (C=O) groups is 2. The van der Waals surface area contributed by atoms with Crippen molar-refractivity contribution in [3.05, 3.63) is 82.2 Å². The maximum atomic E-state index is 13.4. The molecule has 0 radical (unpaired) electrons. The number of carbonyl (C=O) groups excluding carboxylic acids is 2. The Kier molecular flexibility index (Phi) is 6.11. The monoisotopic (exact) mass is 478 g/mol. The Bertz CT molecular complexity index is 1360. The topological polar surface area (TPSA) is 116 Å². The summed E-state index contributed by atoms with van der Waals surface area (Å²) in [7, 11) is 2.94. The number of nitrogens with one attached hydrogen (secondary N) is 1. The van der Waals surface area contributed by atoms with Crippen molar-refractivity contribution >= 4 is 46.6 Å². The zero-order valence-corrected chi connectivity index (χ0v) is 18.9. The molecule has 1 aliphatic rings. The molecule has 4 rings (SSSR count). The Morgan fingerprint density at radius 1 is 1.06 bits per heavy atom. The van der Waals surface area contributed by atoms with E-state index in [0.29, 0.717) is 28.6 Å². The average molecular weight is 478 g/mol. The van der Waals surface area contributed by atoms with Crippen molar-refractivity contribution in [3.63, 3.8) is 0 Å². The Hall–Kier alpha value is -4.51. The second kappa shape index (κ2) is 9.16. The molecule has 0 atom stereocenters. The third-order valence-corrected chi connectivity index (χ3v) is 5.41. The molecular weight excluding hydrogens is 460 g/mol. The van der Waals surface area contributed by atoms with E-state index in [1.807, 2.05) is 0 Å². The van der Waals surface area contributed by atoms with E-state index in [4.69, 9.17) is 21.7 Å². The van der Waals surface area contributed by atoms with Gasteiger partial charge in [0.15, 0.2) is 5.11 Å². The largest absolute Gasteiger partial charge is 0.497 e. The first-order valence-corrected chi connectivity index (χ1v) is 10.3. The van der Waals surface area contributed by atoms with Crippen molar-refractivity contribution in [3.8, 4) is 17.2 Å². The first-order valence-electron chi connectivity index (χ1n) is 9.89. The summed E-state index contributed by atoms with van der Waals surface area (Å²) < 4.78 is 12.2. The standard InChI is InChI=1S/C23H18N4O6S/c1-32-17-8-9-19(20(13-17)33-2)26-22(29)18(21(28)24-23(26)34)12-15-7-4-10-25(15)14-5-3-6-16(11-14)27(30)31/h3-13H,1-2H3,(H,24,28,34). The van der Waals surface area contributed by atoms with Gasteiger partial charge in [-0.3, -0.25) is 25.0 Å². The highest BCUT2D eigenvalue weighted by molar-refractivity contribution is 7.80. The van der Waals surface area contributed by atoms with E-state index in [2.05, 4.69) is 5.32 Å². The Labute approximate surface area is 199 Å². The lowest BCUT2D eigenvalue weighted by Crippen LogP contribution is -2.54. The number of benzene rings is 2. The van der Waals surface area contributed by atoms with Gasteiger partial charge in [-0.1, -0.05) is 6.07 Å². The summed E-state index contributed by atoms with van der Waals surface area (Å²) in [5.74, 6) is -0.467. The Morgan fingerprint density at radius 2 is 1.85 bits per heavy atom. The molecule has 10 nitrogen and oxygen atoms in total. The smallest absolute Gasteiger partial charge is 0.271 e. The normalized spacial score (nSPS) is 14.8. The lowest BCUT2D eigenvalue weighted by atomic mass is 10.1. The third kappa shape index (κ3) is 4.11. The lowest BCUT2D eigenvalue weighted by Gasteiger charge is -2.30. The molecule has 1 fully saturated rings. The van der Waals surface area contributed by atoms with E-state index >= 15 is 0 Å². The lowest BCUT2D eigenvalue weighted by molar-refractivity contribution is -0.384. The molecule has 11 heteroatoms. The fourth-order valence-corrected chi connectivity index (χ4v) is 3.77. The molecule has 3 aromatic rings. The van der Waals surface area contributed by atoms with Crippen LogP contribution in [-0.2, 0) is 9.59 Å². The van der Waals surface area contributed by atoms with Crippen LogP contribution >= 0.6 is 12.2 Å². The third-order valence-electron chi connectivity index (χ3n) is 5.12. The summed E-state index contributed by atoms with van der Waals surface area (Å²) in [6.07, 6.45) is 3.08. The van der Waals surface area contributed by atoms with E-state index in [1.54, 1.807) is 53.2 Å². The summed E-state index contributed by atoms with van der Waals surface area (Å²) in [6, 6.07) is 14.2. The van der Waals surface area contributed by atoms with Crippen LogP contribution < -0.4 is 19.7 Å². The molecule has 0 spiro atoms. The molecule has 2 aromatic carbocycles. The quantitative estimate of drug-likeness (QED) is 0.190. The van der Waals surface area contributed by atoms with Gasteiger partial charge in [-0.25, -0.2) is 4.90 Å². The number of nitro groups is 1. The fourth-order valence-electron chi connectivity index (χ4n) is 3.50. The number of rotatable bonds is 6. The number of ether oxygens (including phenoxy) is 2. The first kappa shape index (κ1) is 22.7.